The molecule has 3 aromatic heterocycles. The number of aryl methyl sites for hydroxylation is 1. The third kappa shape index (κ3) is 4.15. The van der Waals surface area contributed by atoms with Crippen LogP contribution in [-0.2, 0) is 13.1 Å². The second-order valence-electron chi connectivity index (χ2n) is 9.00. The first-order valence-corrected chi connectivity index (χ1v) is 11.7. The van der Waals surface area contributed by atoms with Crippen molar-refractivity contribution < 1.29 is 14.3 Å². The van der Waals surface area contributed by atoms with Gasteiger partial charge in [0.2, 0.25) is 0 Å². The molecule has 10 heteroatoms. The highest BCUT2D eigenvalue weighted by atomic mass is 35.5. The number of aromatic nitrogens is 3. The van der Waals surface area contributed by atoms with Crippen LogP contribution in [-0.4, -0.2) is 25.4 Å². The Morgan fingerprint density at radius 2 is 1.89 bits per heavy atom. The Balaban J connectivity index is 1.60. The van der Waals surface area contributed by atoms with Crippen LogP contribution in [0.15, 0.2) is 47.4 Å². The average molecular weight is 508 g/mol. The van der Waals surface area contributed by atoms with E-state index in [1.165, 1.54) is 22.6 Å². The van der Waals surface area contributed by atoms with Gasteiger partial charge in [0.25, 0.3) is 5.56 Å². The molecule has 184 valence electrons. The fourth-order valence-electron chi connectivity index (χ4n) is 4.65. The van der Waals surface area contributed by atoms with E-state index in [4.69, 9.17) is 16.6 Å². The molecule has 5 rings (SSSR count). The van der Waals surface area contributed by atoms with Gasteiger partial charge < -0.3 is 15.3 Å². The highest BCUT2D eigenvalue weighted by molar-refractivity contribution is 6.29. The van der Waals surface area contributed by atoms with E-state index < -0.39 is 12.0 Å². The lowest BCUT2D eigenvalue weighted by Crippen LogP contribution is -2.27. The van der Waals surface area contributed by atoms with Gasteiger partial charge in [0.05, 0.1) is 17.3 Å². The zero-order valence-electron chi connectivity index (χ0n) is 19.8. The number of halogens is 2. The molecule has 1 aliphatic heterocycles. The van der Waals surface area contributed by atoms with Crippen molar-refractivity contribution in [3.63, 3.8) is 0 Å². The summed E-state index contributed by atoms with van der Waals surface area (Å²) in [7, 11) is 0. The lowest BCUT2D eigenvalue weighted by molar-refractivity contribution is 0.0691. The van der Waals surface area contributed by atoms with Crippen LogP contribution in [0.5, 0.6) is 0 Å². The molecule has 8 nitrogen and oxygen atoms in total. The Morgan fingerprint density at radius 3 is 2.64 bits per heavy atom. The van der Waals surface area contributed by atoms with Crippen LogP contribution in [0.1, 0.15) is 51.3 Å². The molecule has 36 heavy (non-hydrogen) atoms. The average Bonchev–Trinajstić information content (AvgIpc) is 3.25. The van der Waals surface area contributed by atoms with Gasteiger partial charge >= 0.3 is 5.97 Å². The molecule has 0 aliphatic carbocycles. The van der Waals surface area contributed by atoms with Gasteiger partial charge in [0, 0.05) is 24.8 Å². The molecule has 0 fully saturated rings. The lowest BCUT2D eigenvalue weighted by atomic mass is 10.1. The normalized spacial score (nSPS) is 13.6. The third-order valence-corrected chi connectivity index (χ3v) is 6.59. The summed E-state index contributed by atoms with van der Waals surface area (Å²) in [4.78, 5) is 35.9. The largest absolute Gasteiger partial charge is 0.476 e. The topological polar surface area (TPSA) is 99.8 Å². The molecule has 0 bridgehead atoms. The summed E-state index contributed by atoms with van der Waals surface area (Å²) in [5.74, 6) is -0.971. The van der Waals surface area contributed by atoms with Gasteiger partial charge in [-0.2, -0.15) is 0 Å². The summed E-state index contributed by atoms with van der Waals surface area (Å²) in [5, 5.41) is 12.8. The van der Waals surface area contributed by atoms with Gasteiger partial charge in [0.15, 0.2) is 5.69 Å². The van der Waals surface area contributed by atoms with Crippen molar-refractivity contribution in [1.82, 2.24) is 14.4 Å². The van der Waals surface area contributed by atoms with Gasteiger partial charge in [-0.05, 0) is 67.8 Å². The molecule has 0 saturated carbocycles. The Labute approximate surface area is 211 Å². The molecule has 0 unspecified atom stereocenters. The molecule has 1 aliphatic rings. The third-order valence-electron chi connectivity index (χ3n) is 6.38. The number of fused-ring (bicyclic) bond motifs is 2. The molecule has 1 atom stereocenters. The zero-order chi connectivity index (χ0) is 25.7. The van der Waals surface area contributed by atoms with Gasteiger partial charge in [-0.25, -0.2) is 19.2 Å². The summed E-state index contributed by atoms with van der Waals surface area (Å²) in [6.07, 6.45) is 1.73. The summed E-state index contributed by atoms with van der Waals surface area (Å²) < 4.78 is 15.3. The molecule has 1 aromatic carbocycles. The Hall–Kier alpha value is -3.98. The van der Waals surface area contributed by atoms with Crippen molar-refractivity contribution in [1.29, 1.82) is 0 Å². The number of anilines is 2. The van der Waals surface area contributed by atoms with Crippen molar-refractivity contribution in [2.75, 3.05) is 10.2 Å². The van der Waals surface area contributed by atoms with E-state index in [0.29, 0.717) is 41.4 Å². The van der Waals surface area contributed by atoms with E-state index in [0.717, 1.165) is 16.7 Å². The van der Waals surface area contributed by atoms with Gasteiger partial charge in [-0.1, -0.05) is 17.7 Å². The smallest absolute Gasteiger partial charge is 0.356 e. The van der Waals surface area contributed by atoms with Crippen molar-refractivity contribution in [3.05, 3.63) is 97.4 Å². The highest BCUT2D eigenvalue weighted by Gasteiger charge is 2.25. The van der Waals surface area contributed by atoms with E-state index in [-0.39, 0.29) is 22.2 Å². The molecule has 4 heterocycles. The molecule has 0 saturated heterocycles. The first kappa shape index (κ1) is 23.7. The first-order valence-electron chi connectivity index (χ1n) is 11.3. The fraction of sp³-hybridized carbons (Fsp3) is 0.231. The van der Waals surface area contributed by atoms with Crippen LogP contribution >= 0.6 is 11.6 Å². The van der Waals surface area contributed by atoms with E-state index in [1.807, 2.05) is 24.8 Å². The van der Waals surface area contributed by atoms with Gasteiger partial charge in [0.1, 0.15) is 22.4 Å². The number of carbonyl (C=O) groups is 1. The number of carboxylic acids is 1. The summed E-state index contributed by atoms with van der Waals surface area (Å²) >= 11 is 5.89. The maximum Gasteiger partial charge on any atom is 0.356 e. The van der Waals surface area contributed by atoms with Crippen molar-refractivity contribution >= 4 is 34.7 Å². The molecule has 2 N–H and O–H groups in total. The van der Waals surface area contributed by atoms with Crippen LogP contribution in [0.2, 0.25) is 5.15 Å². The van der Waals surface area contributed by atoms with E-state index in [2.05, 4.69) is 10.3 Å². The zero-order valence-corrected chi connectivity index (χ0v) is 20.6. The van der Waals surface area contributed by atoms with Crippen LogP contribution in [0.4, 0.5) is 15.9 Å². The first-order chi connectivity index (χ1) is 17.1. The number of pyridine rings is 2. The maximum atomic E-state index is 13.8. The standard InChI is InChI=1S/C26H23ClFN5O3/c1-13-8-19(15(3)29-20-6-7-21(27)30-22(20)26(35)36)24-31-23(14(2)25(34)33(24)10-13)32-11-16-4-5-18(28)9-17(16)12-32/h4-10,15,29H,11-12H2,1-3H3,(H,35,36)/t15-/m1/s1. The van der Waals surface area contributed by atoms with E-state index in [1.54, 1.807) is 25.3 Å². The monoisotopic (exact) mass is 507 g/mol. The van der Waals surface area contributed by atoms with Crippen molar-refractivity contribution in [2.45, 2.75) is 39.9 Å². The van der Waals surface area contributed by atoms with Crippen LogP contribution in [0.25, 0.3) is 5.65 Å². The molecular weight excluding hydrogens is 485 g/mol. The number of aromatic carboxylic acids is 1. The lowest BCUT2D eigenvalue weighted by Gasteiger charge is -2.23. The quantitative estimate of drug-likeness (QED) is 0.371. The van der Waals surface area contributed by atoms with Crippen LogP contribution in [0.3, 0.4) is 0 Å². The van der Waals surface area contributed by atoms with Crippen molar-refractivity contribution in [3.8, 4) is 0 Å². The second-order valence-corrected chi connectivity index (χ2v) is 9.39. The number of rotatable bonds is 5. The Bertz CT molecular complexity index is 1600. The molecule has 4 aromatic rings. The molecule has 0 spiro atoms. The molecule has 0 radical (unpaired) electrons. The fourth-order valence-corrected chi connectivity index (χ4v) is 4.80. The molecular formula is C26H23ClFN5O3. The SMILES string of the molecule is Cc1cc([C@@H](C)Nc2ccc(Cl)nc2C(=O)O)c2nc(N3Cc4ccc(F)cc4C3)c(C)c(=O)n2c1. The highest BCUT2D eigenvalue weighted by Crippen LogP contribution is 2.31. The predicted molar refractivity (Wildman–Crippen MR) is 135 cm³/mol. The number of hydrogen-bond acceptors (Lipinski definition) is 6. The Kier molecular flexibility index (Phi) is 5.88. The summed E-state index contributed by atoms with van der Waals surface area (Å²) in [5.41, 5.74) is 4.26. The predicted octanol–water partition coefficient (Wildman–Crippen LogP) is 4.89. The number of hydrogen-bond donors (Lipinski definition) is 2. The Morgan fingerprint density at radius 1 is 1.14 bits per heavy atom. The minimum absolute atomic E-state index is 0.0754. The number of nitrogens with one attached hydrogen (secondary N) is 1. The van der Waals surface area contributed by atoms with Crippen LogP contribution in [0, 0.1) is 19.7 Å². The van der Waals surface area contributed by atoms with E-state index in [9.17, 15) is 19.1 Å². The van der Waals surface area contributed by atoms with Crippen molar-refractivity contribution in [2.24, 2.45) is 0 Å². The van der Waals surface area contributed by atoms with E-state index >= 15 is 0 Å². The molecule has 0 amide bonds. The number of benzene rings is 1. The maximum absolute atomic E-state index is 13.8. The minimum Gasteiger partial charge on any atom is -0.476 e. The summed E-state index contributed by atoms with van der Waals surface area (Å²) in [6.45, 7) is 6.44. The van der Waals surface area contributed by atoms with Crippen LogP contribution < -0.4 is 15.8 Å². The summed E-state index contributed by atoms with van der Waals surface area (Å²) in [6, 6.07) is 9.26. The van der Waals surface area contributed by atoms with Gasteiger partial charge in [-0.3, -0.25) is 9.20 Å². The number of nitrogens with zero attached hydrogens (tertiary/aromatic N) is 4. The minimum atomic E-state index is -1.21. The number of carboxylic acid groups (broad SMARTS) is 1. The van der Waals surface area contributed by atoms with Gasteiger partial charge in [-0.15, -0.1) is 0 Å². The second kappa shape index (κ2) is 8.91.